The number of rotatable bonds is 7. The van der Waals surface area contributed by atoms with Crippen molar-refractivity contribution in [3.8, 4) is 0 Å². The average Bonchev–Trinajstić information content (AvgIpc) is 3.67. The number of ether oxygens (including phenoxy) is 6. The fraction of sp³-hybridized carbons (Fsp3) is 0.660. The summed E-state index contributed by atoms with van der Waals surface area (Å²) >= 11 is 0. The average molecular weight is 785 g/mol. The lowest BCUT2D eigenvalue weighted by atomic mass is 9.47. The van der Waals surface area contributed by atoms with Crippen molar-refractivity contribution in [3.63, 3.8) is 0 Å². The summed E-state index contributed by atoms with van der Waals surface area (Å²) in [6, 6.07) is 17.0. The van der Waals surface area contributed by atoms with Crippen LogP contribution in [-0.4, -0.2) is 84.1 Å². The van der Waals surface area contributed by atoms with Crippen LogP contribution in [0.5, 0.6) is 0 Å². The Balaban J connectivity index is 0.889. The van der Waals surface area contributed by atoms with Crippen LogP contribution in [0.2, 0.25) is 0 Å². The quantitative estimate of drug-likeness (QED) is 0.219. The van der Waals surface area contributed by atoms with E-state index in [1.54, 1.807) is 60.7 Å². The molecular weight excluding hydrogens is 725 g/mol. The van der Waals surface area contributed by atoms with E-state index < -0.39 is 48.4 Å². The van der Waals surface area contributed by atoms with E-state index in [0.29, 0.717) is 47.5 Å². The molecule has 3 saturated carbocycles. The van der Waals surface area contributed by atoms with Crippen molar-refractivity contribution in [3.05, 3.63) is 83.4 Å². The normalized spacial score (nSPS) is 44.9. The monoisotopic (exact) mass is 784 g/mol. The molecule has 2 aromatic carbocycles. The highest BCUT2D eigenvalue weighted by Gasteiger charge is 2.68. The van der Waals surface area contributed by atoms with Gasteiger partial charge in [0.1, 0.15) is 24.9 Å². The molecule has 16 atom stereocenters. The van der Waals surface area contributed by atoms with Crippen molar-refractivity contribution < 1.29 is 48.2 Å². The van der Waals surface area contributed by atoms with E-state index in [-0.39, 0.29) is 35.2 Å². The standard InChI is InChI=1S/C47H60O10/c1-27-17-22-47(53-25-27)28(2)38-36(57-47)24-35-33-16-15-31-23-32(18-20-45(31,3)34(33)19-21-46(35,38)4)54-44-40(49)41(56-43(51)30-13-9-6-10-14-30)39(48)37(55-44)26-52-42(50)29-11-7-5-8-12-29/h5-15,27-28,32-41,44,48-49H,16-26H2,1-4H3/t27-,28+,32+,33-,34+,35+,36+,37-,38+,39+,40-,41+,44-,45+,46+,47-/m1/s1. The number of hydrogen-bond donors (Lipinski definition) is 2. The van der Waals surface area contributed by atoms with Gasteiger partial charge < -0.3 is 38.6 Å². The largest absolute Gasteiger partial charge is 0.459 e. The minimum atomic E-state index is -1.48. The number of hydrogen-bond acceptors (Lipinski definition) is 10. The zero-order valence-corrected chi connectivity index (χ0v) is 33.8. The van der Waals surface area contributed by atoms with Gasteiger partial charge in [-0.25, -0.2) is 9.59 Å². The van der Waals surface area contributed by atoms with Crippen molar-refractivity contribution in [2.24, 2.45) is 46.3 Å². The van der Waals surface area contributed by atoms with E-state index in [1.807, 2.05) is 0 Å². The molecule has 0 amide bonds. The summed E-state index contributed by atoms with van der Waals surface area (Å²) in [6.07, 6.45) is 5.07. The van der Waals surface area contributed by atoms with Crippen LogP contribution in [0.15, 0.2) is 72.3 Å². The smallest absolute Gasteiger partial charge is 0.338 e. The molecule has 10 nitrogen and oxygen atoms in total. The zero-order chi connectivity index (χ0) is 39.7. The highest BCUT2D eigenvalue weighted by molar-refractivity contribution is 5.90. The van der Waals surface area contributed by atoms with Crippen molar-refractivity contribution in [1.29, 1.82) is 0 Å². The molecule has 2 N–H and O–H groups in total. The van der Waals surface area contributed by atoms with Crippen LogP contribution in [0.25, 0.3) is 0 Å². The fourth-order valence-electron chi connectivity index (χ4n) is 12.8. The molecule has 0 aromatic heterocycles. The van der Waals surface area contributed by atoms with Gasteiger partial charge in [-0.2, -0.15) is 0 Å². The Morgan fingerprint density at radius 3 is 2.28 bits per heavy atom. The maximum atomic E-state index is 13.2. The number of fused-ring (bicyclic) bond motifs is 7. The highest BCUT2D eigenvalue weighted by atomic mass is 16.7. The summed E-state index contributed by atoms with van der Waals surface area (Å²) in [6.45, 7) is 10.2. The van der Waals surface area contributed by atoms with Crippen molar-refractivity contribution >= 4 is 11.9 Å². The van der Waals surface area contributed by atoms with Gasteiger partial charge >= 0.3 is 11.9 Å². The van der Waals surface area contributed by atoms with E-state index in [4.69, 9.17) is 28.4 Å². The number of benzene rings is 2. The van der Waals surface area contributed by atoms with Gasteiger partial charge in [0.25, 0.3) is 0 Å². The van der Waals surface area contributed by atoms with Gasteiger partial charge in [-0.05, 0) is 116 Å². The van der Waals surface area contributed by atoms with Gasteiger partial charge in [0.2, 0.25) is 0 Å². The van der Waals surface area contributed by atoms with Crippen molar-refractivity contribution in [1.82, 2.24) is 0 Å². The second-order valence-corrected chi connectivity index (χ2v) is 19.0. The van der Waals surface area contributed by atoms with Crippen LogP contribution < -0.4 is 0 Å². The van der Waals surface area contributed by atoms with E-state index in [2.05, 4.69) is 33.8 Å². The van der Waals surface area contributed by atoms with Gasteiger partial charge in [-0.3, -0.25) is 0 Å². The summed E-state index contributed by atoms with van der Waals surface area (Å²) in [5, 5.41) is 23.0. The first-order valence-corrected chi connectivity index (χ1v) is 21.6. The van der Waals surface area contributed by atoms with Crippen molar-refractivity contribution in [2.75, 3.05) is 13.2 Å². The van der Waals surface area contributed by atoms with Gasteiger partial charge in [0, 0.05) is 12.3 Å². The third-order valence-corrected chi connectivity index (χ3v) is 15.9. The number of esters is 2. The number of carbonyl (C=O) groups is 2. The van der Waals surface area contributed by atoms with Gasteiger partial charge in [0.15, 0.2) is 18.2 Å². The van der Waals surface area contributed by atoms with Crippen LogP contribution >= 0.6 is 0 Å². The molecule has 10 heteroatoms. The zero-order valence-electron chi connectivity index (χ0n) is 33.8. The predicted molar refractivity (Wildman–Crippen MR) is 210 cm³/mol. The lowest BCUT2D eigenvalue weighted by Gasteiger charge is -2.58. The van der Waals surface area contributed by atoms with Gasteiger partial charge in [0.05, 0.1) is 29.9 Å². The summed E-state index contributed by atoms with van der Waals surface area (Å²) in [4.78, 5) is 26.0. The maximum absolute atomic E-state index is 13.2. The van der Waals surface area contributed by atoms with Gasteiger partial charge in [-0.15, -0.1) is 0 Å². The second-order valence-electron chi connectivity index (χ2n) is 19.0. The molecular formula is C47H60O10. The lowest BCUT2D eigenvalue weighted by Crippen LogP contribution is -2.61. The Morgan fingerprint density at radius 1 is 0.860 bits per heavy atom. The van der Waals surface area contributed by atoms with Crippen LogP contribution in [0.4, 0.5) is 0 Å². The second kappa shape index (κ2) is 15.2. The summed E-state index contributed by atoms with van der Waals surface area (Å²) < 4.78 is 37.6. The molecule has 2 aromatic rings. The molecule has 57 heavy (non-hydrogen) atoms. The lowest BCUT2D eigenvalue weighted by molar-refractivity contribution is -0.312. The maximum Gasteiger partial charge on any atom is 0.338 e. The Hall–Kier alpha value is -3.12. The molecule has 9 rings (SSSR count). The van der Waals surface area contributed by atoms with Crippen LogP contribution in [0.3, 0.4) is 0 Å². The molecule has 7 aliphatic rings. The number of carbonyl (C=O) groups excluding carboxylic acids is 2. The van der Waals surface area contributed by atoms with E-state index >= 15 is 0 Å². The predicted octanol–water partition coefficient (Wildman–Crippen LogP) is 7.27. The summed E-state index contributed by atoms with van der Waals surface area (Å²) in [5.74, 6) is 1.67. The number of aliphatic hydroxyl groups is 2. The molecule has 4 aliphatic carbocycles. The number of allylic oxidation sites excluding steroid dienone is 1. The Morgan fingerprint density at radius 2 is 1.58 bits per heavy atom. The minimum absolute atomic E-state index is 0.0578. The third-order valence-electron chi connectivity index (χ3n) is 15.9. The fourth-order valence-corrected chi connectivity index (χ4v) is 12.8. The topological polar surface area (TPSA) is 130 Å². The van der Waals surface area contributed by atoms with Crippen molar-refractivity contribution in [2.45, 2.75) is 134 Å². The first-order valence-electron chi connectivity index (χ1n) is 21.6. The van der Waals surface area contributed by atoms with Crippen LogP contribution in [0, 0.1) is 46.3 Å². The molecule has 308 valence electrons. The third kappa shape index (κ3) is 6.80. The Labute approximate surface area is 336 Å². The molecule has 3 aliphatic heterocycles. The Bertz CT molecular complexity index is 1810. The Kier molecular flexibility index (Phi) is 10.5. The molecule has 1 spiro atoms. The first kappa shape index (κ1) is 39.3. The molecule has 3 heterocycles. The van der Waals surface area contributed by atoms with E-state index in [1.165, 1.54) is 24.8 Å². The molecule has 0 radical (unpaired) electrons. The summed E-state index contributed by atoms with van der Waals surface area (Å²) in [5.41, 5.74) is 2.36. The van der Waals surface area contributed by atoms with E-state index in [0.717, 1.165) is 38.7 Å². The minimum Gasteiger partial charge on any atom is -0.459 e. The summed E-state index contributed by atoms with van der Waals surface area (Å²) in [7, 11) is 0. The van der Waals surface area contributed by atoms with E-state index in [9.17, 15) is 19.8 Å². The highest BCUT2D eigenvalue weighted by Crippen LogP contribution is 2.70. The van der Waals surface area contributed by atoms with Crippen LogP contribution in [0.1, 0.15) is 106 Å². The SMILES string of the molecule is C[C@@H]1CC[C@@]2(OC1)O[C@H]1C[C@H]3[C@@H]4CC=C5C[C@@H](O[C@@H]6O[C@H](COC(=O)c7ccccc7)[C@H](O)[C@H](OC(=O)c7ccccc7)[C@H]6O)CC[C@]5(C)[C@H]4CC[C@]3(C)[C@H]1[C@@H]2C. The molecule has 6 fully saturated rings. The van der Waals surface area contributed by atoms with Crippen LogP contribution in [-0.2, 0) is 28.4 Å². The van der Waals surface area contributed by atoms with Gasteiger partial charge in [-0.1, -0.05) is 75.7 Å². The number of aliphatic hydroxyl groups excluding tert-OH is 2. The molecule has 0 bridgehead atoms. The first-order chi connectivity index (χ1) is 27.4. The molecule has 3 saturated heterocycles. The molecule has 0 unspecified atom stereocenters.